The summed E-state index contributed by atoms with van der Waals surface area (Å²) in [5, 5.41) is 7.33. The molecule has 1 aliphatic rings. The van der Waals surface area contributed by atoms with E-state index in [1.165, 1.54) is 0 Å². The first-order valence-corrected chi connectivity index (χ1v) is 13.9. The summed E-state index contributed by atoms with van der Waals surface area (Å²) in [6, 6.07) is 12.1. The molecule has 1 aromatic carbocycles. The van der Waals surface area contributed by atoms with E-state index in [9.17, 15) is 4.79 Å². The minimum atomic E-state index is -0.0689. The Morgan fingerprint density at radius 1 is 1.11 bits per heavy atom. The summed E-state index contributed by atoms with van der Waals surface area (Å²) in [6.07, 6.45) is 4.53. The molecule has 0 amide bonds. The largest absolute Gasteiger partial charge is 0.379 e. The standard InChI is InChI=1S/C27H27N7OS.C2H6/c1-17-14-31-19(15-29-17)16-30-18(2)24-25(35)20-8-9-23(33-12-5-10-28-11-13-33)32-26(20)34-21-6-3-4-7-22(21)36-27(24)34;1-2/h3-4,6-9,14-15,28,30H,2,5,10-13,16H2,1H3;1-2H3. The predicted octanol–water partition coefficient (Wildman–Crippen LogP) is 4.75. The van der Waals surface area contributed by atoms with Gasteiger partial charge in [-0.15, -0.1) is 11.3 Å². The van der Waals surface area contributed by atoms with E-state index in [1.807, 2.05) is 45.0 Å². The molecule has 0 atom stereocenters. The molecule has 196 valence electrons. The number of hydrogen-bond acceptors (Lipinski definition) is 8. The molecule has 6 rings (SSSR count). The average Bonchev–Trinajstić information content (AvgIpc) is 3.12. The molecular formula is C29H33N7OS. The number of thiazole rings is 1. The normalized spacial score (nSPS) is 13.8. The molecule has 8 nitrogen and oxygen atoms in total. The maximum absolute atomic E-state index is 13.9. The van der Waals surface area contributed by atoms with Crippen molar-refractivity contribution >= 4 is 48.9 Å². The lowest BCUT2D eigenvalue weighted by atomic mass is 10.1. The summed E-state index contributed by atoms with van der Waals surface area (Å²) in [4.78, 5) is 30.8. The van der Waals surface area contributed by atoms with Crippen LogP contribution in [0.3, 0.4) is 0 Å². The number of benzene rings is 1. The lowest BCUT2D eigenvalue weighted by Crippen LogP contribution is -2.29. The van der Waals surface area contributed by atoms with Gasteiger partial charge in [-0.25, -0.2) is 4.98 Å². The van der Waals surface area contributed by atoms with Crippen molar-refractivity contribution < 1.29 is 0 Å². The van der Waals surface area contributed by atoms with Gasteiger partial charge in [0.05, 0.1) is 45.3 Å². The molecule has 5 heterocycles. The van der Waals surface area contributed by atoms with Gasteiger partial charge in [0.25, 0.3) is 0 Å². The summed E-state index contributed by atoms with van der Waals surface area (Å²) in [6.45, 7) is 14.3. The predicted molar refractivity (Wildman–Crippen MR) is 158 cm³/mol. The van der Waals surface area contributed by atoms with E-state index in [1.54, 1.807) is 23.7 Å². The molecular weight excluding hydrogens is 494 g/mol. The Bertz CT molecular complexity index is 1650. The van der Waals surface area contributed by atoms with Crippen LogP contribution in [0.25, 0.3) is 31.8 Å². The number of aryl methyl sites for hydroxylation is 1. The number of rotatable bonds is 5. The van der Waals surface area contributed by atoms with Crippen LogP contribution in [0, 0.1) is 6.92 Å². The topological polar surface area (TPSA) is 87.5 Å². The Morgan fingerprint density at radius 2 is 1.95 bits per heavy atom. The lowest BCUT2D eigenvalue weighted by molar-refractivity contribution is 0.724. The second-order valence-corrected chi connectivity index (χ2v) is 10.1. The molecule has 0 bridgehead atoms. The second-order valence-electron chi connectivity index (χ2n) is 9.03. The van der Waals surface area contributed by atoms with Crippen molar-refractivity contribution in [3.63, 3.8) is 0 Å². The highest BCUT2D eigenvalue weighted by Crippen LogP contribution is 2.33. The van der Waals surface area contributed by atoms with Crippen molar-refractivity contribution in [3.8, 4) is 0 Å². The third kappa shape index (κ3) is 4.87. The minimum absolute atomic E-state index is 0.0689. The van der Waals surface area contributed by atoms with Crippen LogP contribution >= 0.6 is 11.3 Å². The first kappa shape index (κ1) is 25.8. The first-order chi connectivity index (χ1) is 18.6. The van der Waals surface area contributed by atoms with E-state index >= 15 is 0 Å². The molecule has 4 aromatic heterocycles. The Morgan fingerprint density at radius 3 is 2.76 bits per heavy atom. The number of nitrogens with one attached hydrogen (secondary N) is 2. The number of nitrogens with zero attached hydrogens (tertiary/aromatic N) is 5. The maximum atomic E-state index is 13.9. The van der Waals surface area contributed by atoms with Crippen molar-refractivity contribution in [2.24, 2.45) is 0 Å². The molecule has 9 heteroatoms. The molecule has 1 aliphatic heterocycles. The maximum Gasteiger partial charge on any atom is 0.201 e. The molecule has 5 aromatic rings. The van der Waals surface area contributed by atoms with Gasteiger partial charge in [-0.2, -0.15) is 0 Å². The Balaban J connectivity index is 0.00000144. The summed E-state index contributed by atoms with van der Waals surface area (Å²) < 4.78 is 3.21. The van der Waals surface area contributed by atoms with Crippen LogP contribution in [0.5, 0.6) is 0 Å². The van der Waals surface area contributed by atoms with Crippen molar-refractivity contribution in [2.75, 3.05) is 31.1 Å². The zero-order chi connectivity index (χ0) is 26.6. The van der Waals surface area contributed by atoms with Crippen LogP contribution in [0.15, 0.2) is 60.2 Å². The van der Waals surface area contributed by atoms with Gasteiger partial charge >= 0.3 is 0 Å². The number of fused-ring (bicyclic) bond motifs is 5. The van der Waals surface area contributed by atoms with Gasteiger partial charge in [0.15, 0.2) is 5.65 Å². The molecule has 0 spiro atoms. The van der Waals surface area contributed by atoms with E-state index < -0.39 is 0 Å². The molecule has 0 radical (unpaired) electrons. The van der Waals surface area contributed by atoms with Gasteiger partial charge in [0, 0.05) is 31.5 Å². The van der Waals surface area contributed by atoms with Gasteiger partial charge in [-0.05, 0) is 44.2 Å². The van der Waals surface area contributed by atoms with Crippen LogP contribution in [0.1, 0.15) is 37.2 Å². The van der Waals surface area contributed by atoms with Gasteiger partial charge in [-0.1, -0.05) is 32.6 Å². The van der Waals surface area contributed by atoms with Crippen LogP contribution in [-0.4, -0.2) is 45.5 Å². The first-order valence-electron chi connectivity index (χ1n) is 13.1. The molecule has 0 saturated carbocycles. The molecule has 1 fully saturated rings. The van der Waals surface area contributed by atoms with E-state index in [2.05, 4.69) is 48.6 Å². The summed E-state index contributed by atoms with van der Waals surface area (Å²) in [5.41, 5.74) is 4.43. The molecule has 1 saturated heterocycles. The third-order valence-electron chi connectivity index (χ3n) is 6.56. The Hall–Kier alpha value is -3.82. The summed E-state index contributed by atoms with van der Waals surface area (Å²) in [7, 11) is 0. The van der Waals surface area contributed by atoms with E-state index in [4.69, 9.17) is 4.98 Å². The highest BCUT2D eigenvalue weighted by Gasteiger charge is 2.21. The second kappa shape index (κ2) is 11.3. The van der Waals surface area contributed by atoms with E-state index in [-0.39, 0.29) is 5.43 Å². The van der Waals surface area contributed by atoms with Crippen LogP contribution in [0.4, 0.5) is 5.82 Å². The fraction of sp³-hybridized carbons (Fsp3) is 0.310. The summed E-state index contributed by atoms with van der Waals surface area (Å²) >= 11 is 1.58. The number of pyridine rings is 2. The van der Waals surface area contributed by atoms with Crippen molar-refractivity contribution in [2.45, 2.75) is 33.7 Å². The van der Waals surface area contributed by atoms with Crippen molar-refractivity contribution in [3.05, 3.63) is 82.5 Å². The smallest absolute Gasteiger partial charge is 0.201 e. The Kier molecular flexibility index (Phi) is 7.67. The van der Waals surface area contributed by atoms with Gasteiger partial charge in [-0.3, -0.25) is 19.2 Å². The molecule has 0 unspecified atom stereocenters. The zero-order valence-electron chi connectivity index (χ0n) is 22.1. The quantitative estimate of drug-likeness (QED) is 0.341. The molecule has 2 N–H and O–H groups in total. The highest BCUT2D eigenvalue weighted by molar-refractivity contribution is 7.24. The number of anilines is 1. The highest BCUT2D eigenvalue weighted by atomic mass is 32.1. The van der Waals surface area contributed by atoms with E-state index in [0.717, 1.165) is 64.9 Å². The van der Waals surface area contributed by atoms with E-state index in [0.29, 0.717) is 28.8 Å². The number of aromatic nitrogens is 4. The molecule has 0 aliphatic carbocycles. The fourth-order valence-electron chi connectivity index (χ4n) is 4.69. The zero-order valence-corrected chi connectivity index (χ0v) is 22.9. The average molecular weight is 528 g/mol. The van der Waals surface area contributed by atoms with Crippen molar-refractivity contribution in [1.82, 2.24) is 30.0 Å². The fourth-order valence-corrected chi connectivity index (χ4v) is 5.90. The van der Waals surface area contributed by atoms with Crippen LogP contribution in [-0.2, 0) is 6.54 Å². The van der Waals surface area contributed by atoms with Gasteiger partial charge < -0.3 is 15.5 Å². The van der Waals surface area contributed by atoms with Gasteiger partial charge in [0.1, 0.15) is 10.6 Å². The summed E-state index contributed by atoms with van der Waals surface area (Å²) in [5.74, 6) is 0.900. The number of hydrogen-bond donors (Lipinski definition) is 2. The van der Waals surface area contributed by atoms with Crippen molar-refractivity contribution in [1.29, 1.82) is 0 Å². The molecule has 38 heavy (non-hydrogen) atoms. The third-order valence-corrected chi connectivity index (χ3v) is 7.70. The lowest BCUT2D eigenvalue weighted by Gasteiger charge is -2.21. The van der Waals surface area contributed by atoms with Crippen LogP contribution < -0.4 is 21.0 Å². The SMILES string of the molecule is C=C(NCc1cnc(C)cn1)c1c(=O)c2ccc(N3CCCNCC3)nc2n2c1sc1ccccc12.CC. The Labute approximate surface area is 226 Å². The number of para-hydroxylation sites is 1. The monoisotopic (exact) mass is 527 g/mol. The van der Waals surface area contributed by atoms with Gasteiger partial charge in [0.2, 0.25) is 5.43 Å². The minimum Gasteiger partial charge on any atom is -0.379 e. The van der Waals surface area contributed by atoms with Crippen LogP contribution in [0.2, 0.25) is 0 Å².